The van der Waals surface area contributed by atoms with E-state index in [0.717, 1.165) is 10.9 Å². The van der Waals surface area contributed by atoms with Gasteiger partial charge in [0.15, 0.2) is 6.29 Å². The Morgan fingerprint density at radius 2 is 1.96 bits per heavy atom. The van der Waals surface area contributed by atoms with Crippen LogP contribution >= 0.6 is 15.9 Å². The Hall–Kier alpha value is -1.15. The average Bonchev–Trinajstić information content (AvgIpc) is 3.04. The van der Waals surface area contributed by atoms with E-state index < -0.39 is 29.6 Å². The molecule has 0 unspecified atom stereocenters. The molecule has 0 aromatic heterocycles. The van der Waals surface area contributed by atoms with Crippen molar-refractivity contribution in [2.24, 2.45) is 0 Å². The van der Waals surface area contributed by atoms with Gasteiger partial charge in [-0.2, -0.15) is 0 Å². The first-order valence-corrected chi connectivity index (χ1v) is 10.1. The van der Waals surface area contributed by atoms with E-state index in [1.54, 1.807) is 24.0 Å². The summed E-state index contributed by atoms with van der Waals surface area (Å²) in [6.45, 7) is 8.06. The SMILES string of the molecule is CCO[C@@H](O)C[C@@](O)(c1ccc(Br)cc1)[C@@H]1CCCN1C(=O)OC(C)(C)C. The van der Waals surface area contributed by atoms with Crippen LogP contribution in [-0.4, -0.2) is 52.3 Å². The van der Waals surface area contributed by atoms with E-state index in [9.17, 15) is 15.0 Å². The summed E-state index contributed by atoms with van der Waals surface area (Å²) in [6.07, 6.45) is -0.249. The fourth-order valence-corrected chi connectivity index (χ4v) is 3.77. The molecule has 1 aromatic rings. The smallest absolute Gasteiger partial charge is 0.410 e. The maximum atomic E-state index is 12.7. The lowest BCUT2D eigenvalue weighted by atomic mass is 9.82. The Morgan fingerprint density at radius 1 is 1.33 bits per heavy atom. The number of likely N-dealkylation sites (tertiary alicyclic amines) is 1. The quantitative estimate of drug-likeness (QED) is 0.653. The second-order valence-corrected chi connectivity index (χ2v) is 8.79. The number of amides is 1. The number of halogens is 1. The summed E-state index contributed by atoms with van der Waals surface area (Å²) in [5, 5.41) is 21.9. The molecule has 0 spiro atoms. The average molecular weight is 444 g/mol. The molecule has 0 saturated carbocycles. The summed E-state index contributed by atoms with van der Waals surface area (Å²) >= 11 is 3.40. The molecule has 0 aliphatic carbocycles. The van der Waals surface area contributed by atoms with Gasteiger partial charge in [-0.15, -0.1) is 0 Å². The number of hydrogen-bond donors (Lipinski definition) is 2. The molecule has 2 N–H and O–H groups in total. The van der Waals surface area contributed by atoms with Gasteiger partial charge in [-0.1, -0.05) is 28.1 Å². The summed E-state index contributed by atoms with van der Waals surface area (Å²) in [5.74, 6) is 0. The van der Waals surface area contributed by atoms with Gasteiger partial charge < -0.3 is 24.6 Å². The molecule has 7 heteroatoms. The lowest BCUT2D eigenvalue weighted by Crippen LogP contribution is -2.52. The van der Waals surface area contributed by atoms with Crippen molar-refractivity contribution in [1.82, 2.24) is 4.90 Å². The van der Waals surface area contributed by atoms with Crippen LogP contribution in [0.1, 0.15) is 52.5 Å². The predicted molar refractivity (Wildman–Crippen MR) is 106 cm³/mol. The summed E-state index contributed by atoms with van der Waals surface area (Å²) in [5.41, 5.74) is -1.45. The fourth-order valence-electron chi connectivity index (χ4n) is 3.50. The van der Waals surface area contributed by atoms with Crippen molar-refractivity contribution in [2.45, 2.75) is 70.5 Å². The van der Waals surface area contributed by atoms with E-state index in [1.165, 1.54) is 0 Å². The normalized spacial score (nSPS) is 21.0. The standard InChI is InChI=1S/C20H30BrNO5/c1-5-26-17(23)13-20(25,14-8-10-15(21)11-9-14)16-7-6-12-22(16)18(24)27-19(2,3)4/h8-11,16-17,23,25H,5-7,12-13H2,1-4H3/t16-,17+,20+/m0/s1. The first-order valence-electron chi connectivity index (χ1n) is 9.34. The highest BCUT2D eigenvalue weighted by Gasteiger charge is 2.48. The molecule has 1 amide bonds. The van der Waals surface area contributed by atoms with Gasteiger partial charge in [0.2, 0.25) is 0 Å². The number of aliphatic hydroxyl groups is 2. The van der Waals surface area contributed by atoms with Crippen molar-refractivity contribution < 1.29 is 24.5 Å². The molecule has 1 aliphatic rings. The molecule has 152 valence electrons. The Bertz CT molecular complexity index is 630. The molecule has 1 heterocycles. The number of ether oxygens (including phenoxy) is 2. The second kappa shape index (κ2) is 8.90. The zero-order valence-electron chi connectivity index (χ0n) is 16.4. The number of carbonyl (C=O) groups excluding carboxylic acids is 1. The highest BCUT2D eigenvalue weighted by molar-refractivity contribution is 9.10. The first-order chi connectivity index (χ1) is 12.6. The maximum Gasteiger partial charge on any atom is 0.410 e. The summed E-state index contributed by atoms with van der Waals surface area (Å²) in [7, 11) is 0. The summed E-state index contributed by atoms with van der Waals surface area (Å²) in [4.78, 5) is 14.3. The summed E-state index contributed by atoms with van der Waals surface area (Å²) in [6, 6.07) is 6.76. The van der Waals surface area contributed by atoms with Gasteiger partial charge in [0.25, 0.3) is 0 Å². The highest BCUT2D eigenvalue weighted by atomic mass is 79.9. The van der Waals surface area contributed by atoms with Gasteiger partial charge >= 0.3 is 6.09 Å². The molecule has 1 aromatic carbocycles. The van der Waals surface area contributed by atoms with Gasteiger partial charge in [0, 0.05) is 24.0 Å². The topological polar surface area (TPSA) is 79.2 Å². The molecular weight excluding hydrogens is 414 g/mol. The van der Waals surface area contributed by atoms with Crippen molar-refractivity contribution in [1.29, 1.82) is 0 Å². The number of carbonyl (C=O) groups is 1. The van der Waals surface area contributed by atoms with Crippen LogP contribution in [0.3, 0.4) is 0 Å². The van der Waals surface area contributed by atoms with E-state index in [0.29, 0.717) is 25.1 Å². The van der Waals surface area contributed by atoms with E-state index in [1.807, 2.05) is 32.9 Å². The minimum Gasteiger partial charge on any atom is -0.444 e. The molecule has 0 radical (unpaired) electrons. The predicted octanol–water partition coefficient (Wildman–Crippen LogP) is 3.78. The minimum atomic E-state index is -1.46. The van der Waals surface area contributed by atoms with Crippen LogP contribution in [0, 0.1) is 0 Å². The Labute approximate surface area is 169 Å². The van der Waals surface area contributed by atoms with Crippen LogP contribution in [0.5, 0.6) is 0 Å². The van der Waals surface area contributed by atoms with E-state index in [-0.39, 0.29) is 6.42 Å². The number of hydrogen-bond acceptors (Lipinski definition) is 5. The van der Waals surface area contributed by atoms with Gasteiger partial charge in [0.1, 0.15) is 11.2 Å². The lowest BCUT2D eigenvalue weighted by Gasteiger charge is -2.40. The molecular formula is C20H30BrNO5. The van der Waals surface area contributed by atoms with Crippen LogP contribution in [0.4, 0.5) is 4.79 Å². The third-order valence-corrected chi connectivity index (χ3v) is 5.15. The minimum absolute atomic E-state index is 0.0353. The van der Waals surface area contributed by atoms with Crippen LogP contribution in [-0.2, 0) is 15.1 Å². The van der Waals surface area contributed by atoms with E-state index in [2.05, 4.69) is 15.9 Å². The van der Waals surface area contributed by atoms with Crippen molar-refractivity contribution in [3.63, 3.8) is 0 Å². The zero-order chi connectivity index (χ0) is 20.2. The molecule has 6 nitrogen and oxygen atoms in total. The molecule has 2 rings (SSSR count). The van der Waals surface area contributed by atoms with Crippen molar-refractivity contribution in [3.8, 4) is 0 Å². The van der Waals surface area contributed by atoms with Gasteiger partial charge in [0.05, 0.1) is 6.04 Å². The van der Waals surface area contributed by atoms with Crippen molar-refractivity contribution in [2.75, 3.05) is 13.2 Å². The first kappa shape index (κ1) is 22.1. The molecule has 3 atom stereocenters. The van der Waals surface area contributed by atoms with Gasteiger partial charge in [-0.05, 0) is 58.2 Å². The number of nitrogens with zero attached hydrogens (tertiary/aromatic N) is 1. The maximum absolute atomic E-state index is 12.7. The van der Waals surface area contributed by atoms with Gasteiger partial charge in [-0.3, -0.25) is 0 Å². The van der Waals surface area contributed by atoms with Crippen LogP contribution in [0.2, 0.25) is 0 Å². The van der Waals surface area contributed by atoms with Crippen LogP contribution in [0.15, 0.2) is 28.7 Å². The van der Waals surface area contributed by atoms with Gasteiger partial charge in [-0.25, -0.2) is 4.79 Å². The van der Waals surface area contributed by atoms with Crippen molar-refractivity contribution in [3.05, 3.63) is 34.3 Å². The van der Waals surface area contributed by atoms with Crippen LogP contribution < -0.4 is 0 Å². The molecule has 1 fully saturated rings. The van der Waals surface area contributed by atoms with E-state index >= 15 is 0 Å². The Kier molecular flexibility index (Phi) is 7.30. The lowest BCUT2D eigenvalue weighted by molar-refractivity contribution is -0.156. The Balaban J connectivity index is 2.36. The zero-order valence-corrected chi connectivity index (χ0v) is 18.0. The monoisotopic (exact) mass is 443 g/mol. The third-order valence-electron chi connectivity index (χ3n) is 4.62. The third kappa shape index (κ3) is 5.67. The van der Waals surface area contributed by atoms with E-state index in [4.69, 9.17) is 9.47 Å². The van der Waals surface area contributed by atoms with Crippen LogP contribution in [0.25, 0.3) is 0 Å². The molecule has 1 saturated heterocycles. The molecule has 0 bridgehead atoms. The highest BCUT2D eigenvalue weighted by Crippen LogP contribution is 2.39. The number of rotatable bonds is 6. The Morgan fingerprint density at radius 3 is 2.52 bits per heavy atom. The molecule has 27 heavy (non-hydrogen) atoms. The van der Waals surface area contributed by atoms with Crippen molar-refractivity contribution >= 4 is 22.0 Å². The summed E-state index contributed by atoms with van der Waals surface area (Å²) < 4.78 is 11.7. The number of aliphatic hydroxyl groups excluding tert-OH is 1. The molecule has 1 aliphatic heterocycles. The largest absolute Gasteiger partial charge is 0.444 e. The fraction of sp³-hybridized carbons (Fsp3) is 0.650. The number of benzene rings is 1. The second-order valence-electron chi connectivity index (χ2n) is 7.88.